The molecule has 21 heavy (non-hydrogen) atoms. The second-order valence-corrected chi connectivity index (χ2v) is 5.15. The third-order valence-corrected chi connectivity index (χ3v) is 3.48. The molecule has 0 aromatic heterocycles. The number of rotatable bonds is 4. The van der Waals surface area contributed by atoms with E-state index in [0.717, 1.165) is 24.6 Å². The van der Waals surface area contributed by atoms with Crippen molar-refractivity contribution in [1.29, 1.82) is 0 Å². The lowest BCUT2D eigenvalue weighted by atomic mass is 9.97. The van der Waals surface area contributed by atoms with E-state index in [9.17, 15) is 18.4 Å². The van der Waals surface area contributed by atoms with Crippen molar-refractivity contribution < 1.29 is 18.4 Å². The summed E-state index contributed by atoms with van der Waals surface area (Å²) in [6.45, 7) is 1.09. The van der Waals surface area contributed by atoms with Crippen LogP contribution in [0.4, 0.5) is 14.5 Å². The highest BCUT2D eigenvalue weighted by Gasteiger charge is 2.25. The number of nitrogens with zero attached hydrogens (tertiary/aromatic N) is 1. The summed E-state index contributed by atoms with van der Waals surface area (Å²) in [5.74, 6) is -2.42. The minimum atomic E-state index is -0.696. The molecule has 0 unspecified atom stereocenters. The number of carbonyl (C=O) groups excluding carboxylic acids is 2. The Kier molecular flexibility index (Phi) is 4.85. The Morgan fingerprint density at radius 3 is 2.86 bits per heavy atom. The molecule has 0 bridgehead atoms. The molecular formula is C14H17F2N3O2. The van der Waals surface area contributed by atoms with Gasteiger partial charge in [-0.2, -0.15) is 0 Å². The van der Waals surface area contributed by atoms with Crippen molar-refractivity contribution in [3.05, 3.63) is 29.8 Å². The molecule has 1 aliphatic rings. The first kappa shape index (κ1) is 15.4. The molecule has 0 radical (unpaired) electrons. The largest absolute Gasteiger partial charge is 0.369 e. The highest BCUT2D eigenvalue weighted by Crippen LogP contribution is 2.17. The summed E-state index contributed by atoms with van der Waals surface area (Å²) in [5, 5.41) is 2.33. The predicted octanol–water partition coefficient (Wildman–Crippen LogP) is 1.10. The van der Waals surface area contributed by atoms with E-state index in [1.54, 1.807) is 4.90 Å². The lowest BCUT2D eigenvalue weighted by Gasteiger charge is -2.30. The van der Waals surface area contributed by atoms with Gasteiger partial charge in [-0.3, -0.25) is 14.5 Å². The molecule has 1 aliphatic heterocycles. The molecule has 1 saturated heterocycles. The Morgan fingerprint density at radius 2 is 2.14 bits per heavy atom. The van der Waals surface area contributed by atoms with E-state index in [1.807, 2.05) is 0 Å². The van der Waals surface area contributed by atoms with E-state index < -0.39 is 17.5 Å². The summed E-state index contributed by atoms with van der Waals surface area (Å²) in [6.07, 6.45) is 1.49. The molecule has 3 N–H and O–H groups in total. The zero-order valence-electron chi connectivity index (χ0n) is 11.4. The smallest absolute Gasteiger partial charge is 0.238 e. The average molecular weight is 297 g/mol. The third kappa shape index (κ3) is 4.22. The van der Waals surface area contributed by atoms with Crippen molar-refractivity contribution in [1.82, 2.24) is 4.90 Å². The predicted molar refractivity (Wildman–Crippen MR) is 73.3 cm³/mol. The molecule has 1 aromatic carbocycles. The summed E-state index contributed by atoms with van der Waals surface area (Å²) >= 11 is 0. The van der Waals surface area contributed by atoms with Gasteiger partial charge in [-0.25, -0.2) is 8.78 Å². The summed E-state index contributed by atoms with van der Waals surface area (Å²) < 4.78 is 26.4. The zero-order chi connectivity index (χ0) is 15.4. The van der Waals surface area contributed by atoms with Crippen LogP contribution in [0, 0.1) is 17.6 Å². The van der Waals surface area contributed by atoms with Gasteiger partial charge in [0.15, 0.2) is 0 Å². The van der Waals surface area contributed by atoms with Crippen molar-refractivity contribution in [3.8, 4) is 0 Å². The highest BCUT2D eigenvalue weighted by atomic mass is 19.1. The monoisotopic (exact) mass is 297 g/mol. The van der Waals surface area contributed by atoms with Gasteiger partial charge in [0.1, 0.15) is 11.6 Å². The van der Waals surface area contributed by atoms with Gasteiger partial charge in [0.05, 0.1) is 18.2 Å². The maximum atomic E-state index is 13.4. The summed E-state index contributed by atoms with van der Waals surface area (Å²) in [5.41, 5.74) is 5.07. The number of nitrogens with one attached hydrogen (secondary N) is 1. The molecule has 1 fully saturated rings. The van der Waals surface area contributed by atoms with Crippen LogP contribution in [0.1, 0.15) is 12.8 Å². The van der Waals surface area contributed by atoms with Gasteiger partial charge in [0.25, 0.3) is 0 Å². The van der Waals surface area contributed by atoms with Crippen LogP contribution in [0.15, 0.2) is 18.2 Å². The van der Waals surface area contributed by atoms with E-state index in [4.69, 9.17) is 5.73 Å². The molecule has 0 saturated carbocycles. The van der Waals surface area contributed by atoms with Crippen LogP contribution >= 0.6 is 0 Å². The fourth-order valence-electron chi connectivity index (χ4n) is 2.42. The molecular weight excluding hydrogens is 280 g/mol. The standard InChI is InChI=1S/C14H17F2N3O2/c15-10-3-4-11(16)12(6-10)18-13(20)8-19-5-1-2-9(7-19)14(17)21/h3-4,6,9H,1-2,5,7-8H2,(H2,17,21)(H,18,20)/t9-/m1/s1. The van der Waals surface area contributed by atoms with E-state index >= 15 is 0 Å². The summed E-state index contributed by atoms with van der Waals surface area (Å²) in [7, 11) is 0. The van der Waals surface area contributed by atoms with Gasteiger partial charge in [-0.1, -0.05) is 0 Å². The second-order valence-electron chi connectivity index (χ2n) is 5.15. The topological polar surface area (TPSA) is 75.4 Å². The molecule has 7 heteroatoms. The molecule has 0 aliphatic carbocycles. The highest BCUT2D eigenvalue weighted by molar-refractivity contribution is 5.92. The molecule has 1 atom stereocenters. The van der Waals surface area contributed by atoms with E-state index in [0.29, 0.717) is 19.5 Å². The lowest BCUT2D eigenvalue weighted by Crippen LogP contribution is -2.44. The van der Waals surface area contributed by atoms with Crippen molar-refractivity contribution in [3.63, 3.8) is 0 Å². The number of halogens is 2. The number of primary amides is 1. The van der Waals surface area contributed by atoms with Gasteiger partial charge < -0.3 is 11.1 Å². The quantitative estimate of drug-likeness (QED) is 0.874. The SMILES string of the molecule is NC(=O)[C@@H]1CCCN(CC(=O)Nc2cc(F)ccc2F)C1. The van der Waals surface area contributed by atoms with Crippen LogP contribution in [0.25, 0.3) is 0 Å². The third-order valence-electron chi connectivity index (χ3n) is 3.48. The van der Waals surface area contributed by atoms with Crippen LogP contribution < -0.4 is 11.1 Å². The van der Waals surface area contributed by atoms with E-state index in [-0.39, 0.29) is 24.1 Å². The van der Waals surface area contributed by atoms with Crippen LogP contribution in [0.3, 0.4) is 0 Å². The molecule has 1 heterocycles. The maximum Gasteiger partial charge on any atom is 0.238 e. The normalized spacial score (nSPS) is 19.2. The number of benzene rings is 1. The minimum Gasteiger partial charge on any atom is -0.369 e. The fraction of sp³-hybridized carbons (Fsp3) is 0.429. The number of likely N-dealkylation sites (tertiary alicyclic amines) is 1. The summed E-state index contributed by atoms with van der Waals surface area (Å²) in [6, 6.07) is 2.86. The van der Waals surface area contributed by atoms with Crippen LogP contribution in [0.5, 0.6) is 0 Å². The first-order valence-corrected chi connectivity index (χ1v) is 6.72. The van der Waals surface area contributed by atoms with Gasteiger partial charge >= 0.3 is 0 Å². The molecule has 1 aromatic rings. The molecule has 114 valence electrons. The average Bonchev–Trinajstić information content (AvgIpc) is 2.43. The molecule has 2 rings (SSSR count). The Labute approximate surface area is 121 Å². The number of hydrogen-bond acceptors (Lipinski definition) is 3. The van der Waals surface area contributed by atoms with E-state index in [1.165, 1.54) is 0 Å². The number of hydrogen-bond donors (Lipinski definition) is 2. The summed E-state index contributed by atoms with van der Waals surface area (Å²) in [4.78, 5) is 24.8. The number of piperidine rings is 1. The second kappa shape index (κ2) is 6.62. The zero-order valence-corrected chi connectivity index (χ0v) is 11.4. The number of amides is 2. The van der Waals surface area contributed by atoms with Crippen LogP contribution in [-0.4, -0.2) is 36.3 Å². The Bertz CT molecular complexity index is 551. The van der Waals surface area contributed by atoms with Crippen molar-refractivity contribution >= 4 is 17.5 Å². The number of anilines is 1. The van der Waals surface area contributed by atoms with Crippen LogP contribution in [0.2, 0.25) is 0 Å². The van der Waals surface area contributed by atoms with E-state index in [2.05, 4.69) is 5.32 Å². The first-order chi connectivity index (χ1) is 9.95. The van der Waals surface area contributed by atoms with Gasteiger partial charge in [-0.05, 0) is 31.5 Å². The van der Waals surface area contributed by atoms with Crippen molar-refractivity contribution in [2.45, 2.75) is 12.8 Å². The minimum absolute atomic E-state index is 0.0136. The van der Waals surface area contributed by atoms with Gasteiger partial charge in [-0.15, -0.1) is 0 Å². The number of nitrogens with two attached hydrogens (primary N) is 1. The molecule has 0 spiro atoms. The maximum absolute atomic E-state index is 13.4. The van der Waals surface area contributed by atoms with Crippen molar-refractivity contribution in [2.75, 3.05) is 25.0 Å². The fourth-order valence-corrected chi connectivity index (χ4v) is 2.42. The number of carbonyl (C=O) groups is 2. The Balaban J connectivity index is 1.92. The lowest BCUT2D eigenvalue weighted by molar-refractivity contribution is -0.125. The Hall–Kier alpha value is -2.02. The van der Waals surface area contributed by atoms with Crippen molar-refractivity contribution in [2.24, 2.45) is 11.7 Å². The first-order valence-electron chi connectivity index (χ1n) is 6.72. The molecule has 5 nitrogen and oxygen atoms in total. The van der Waals surface area contributed by atoms with Gasteiger partial charge in [0.2, 0.25) is 11.8 Å². The molecule has 2 amide bonds. The van der Waals surface area contributed by atoms with Gasteiger partial charge in [0, 0.05) is 12.6 Å². The van der Waals surface area contributed by atoms with Crippen LogP contribution in [-0.2, 0) is 9.59 Å². The Morgan fingerprint density at radius 1 is 1.38 bits per heavy atom.